The van der Waals surface area contributed by atoms with Crippen molar-refractivity contribution in [2.24, 2.45) is 14.1 Å². The summed E-state index contributed by atoms with van der Waals surface area (Å²) < 4.78 is 5.51. The van der Waals surface area contributed by atoms with Crippen molar-refractivity contribution in [1.82, 2.24) is 39.2 Å². The summed E-state index contributed by atoms with van der Waals surface area (Å²) in [5.74, 6) is 1.59. The van der Waals surface area contributed by atoms with E-state index in [1.54, 1.807) is 21.8 Å². The number of aromatic nitrogens is 7. The van der Waals surface area contributed by atoms with Gasteiger partial charge in [0.2, 0.25) is 0 Å². The molecule has 5 rings (SSSR count). The fourth-order valence-electron chi connectivity index (χ4n) is 4.11. The highest BCUT2D eigenvalue weighted by Gasteiger charge is 2.31. The Labute approximate surface area is 185 Å². The maximum absolute atomic E-state index is 13.3. The highest BCUT2D eigenvalue weighted by atomic mass is 16.2. The van der Waals surface area contributed by atoms with Crippen molar-refractivity contribution in [3.63, 3.8) is 0 Å². The first-order chi connectivity index (χ1) is 15.4. The second-order valence-corrected chi connectivity index (χ2v) is 8.25. The third-order valence-corrected chi connectivity index (χ3v) is 6.00. The second-order valence-electron chi connectivity index (χ2n) is 8.25. The van der Waals surface area contributed by atoms with Crippen LogP contribution in [0.15, 0.2) is 43.0 Å². The Bertz CT molecular complexity index is 1300. The fraction of sp³-hybridized carbons (Fsp3) is 0.318. The summed E-state index contributed by atoms with van der Waals surface area (Å²) in [7, 11) is 3.71. The molecule has 0 saturated carbocycles. The van der Waals surface area contributed by atoms with Crippen LogP contribution in [0.2, 0.25) is 0 Å². The lowest BCUT2D eigenvalue weighted by Crippen LogP contribution is -2.45. The zero-order chi connectivity index (χ0) is 22.4. The van der Waals surface area contributed by atoms with E-state index in [-0.39, 0.29) is 11.9 Å². The van der Waals surface area contributed by atoms with Crippen LogP contribution < -0.4 is 5.32 Å². The molecule has 10 nitrogen and oxygen atoms in total. The molecule has 10 heteroatoms. The largest absolute Gasteiger partial charge is 0.341 e. The molecular formula is C22H25N9O. The molecule has 5 heterocycles. The van der Waals surface area contributed by atoms with Crippen LogP contribution in [0, 0.1) is 6.92 Å². The van der Waals surface area contributed by atoms with Crippen LogP contribution in [0.25, 0.3) is 11.1 Å². The van der Waals surface area contributed by atoms with Crippen molar-refractivity contribution < 1.29 is 4.79 Å². The molecule has 0 radical (unpaired) electrons. The average molecular weight is 432 g/mol. The SMILES string of the molecule is Cc1cnc(Nc2ccnn2C)cc1-c1cc2n(c1)CC(C)N(Cc1cnnn1C)C2=O. The molecule has 0 bridgehead atoms. The van der Waals surface area contributed by atoms with Gasteiger partial charge >= 0.3 is 0 Å². The first-order valence-corrected chi connectivity index (χ1v) is 10.5. The van der Waals surface area contributed by atoms with Crippen molar-refractivity contribution in [3.05, 3.63) is 59.9 Å². The van der Waals surface area contributed by atoms with Gasteiger partial charge in [0.25, 0.3) is 5.91 Å². The number of nitrogens with one attached hydrogen (secondary N) is 1. The Hall–Kier alpha value is -3.95. The van der Waals surface area contributed by atoms with Gasteiger partial charge in [0.05, 0.1) is 24.6 Å². The second kappa shape index (κ2) is 7.63. The summed E-state index contributed by atoms with van der Waals surface area (Å²) in [5.41, 5.74) is 4.67. The van der Waals surface area contributed by atoms with Crippen molar-refractivity contribution in [2.45, 2.75) is 33.0 Å². The third-order valence-electron chi connectivity index (χ3n) is 6.00. The quantitative estimate of drug-likeness (QED) is 0.521. The Kier molecular flexibility index (Phi) is 4.76. The molecular weight excluding hydrogens is 406 g/mol. The van der Waals surface area contributed by atoms with E-state index in [9.17, 15) is 4.79 Å². The maximum atomic E-state index is 13.3. The number of hydrogen-bond acceptors (Lipinski definition) is 6. The van der Waals surface area contributed by atoms with Gasteiger partial charge in [-0.15, -0.1) is 5.10 Å². The van der Waals surface area contributed by atoms with Crippen LogP contribution >= 0.6 is 0 Å². The lowest BCUT2D eigenvalue weighted by molar-refractivity contribution is 0.0590. The molecule has 1 unspecified atom stereocenters. The Morgan fingerprint density at radius 2 is 2.03 bits per heavy atom. The molecule has 0 aliphatic carbocycles. The zero-order valence-corrected chi connectivity index (χ0v) is 18.5. The fourth-order valence-corrected chi connectivity index (χ4v) is 4.11. The molecule has 0 fully saturated rings. The number of hydrogen-bond donors (Lipinski definition) is 1. The van der Waals surface area contributed by atoms with E-state index < -0.39 is 0 Å². The summed E-state index contributed by atoms with van der Waals surface area (Å²) in [6.45, 7) is 5.31. The summed E-state index contributed by atoms with van der Waals surface area (Å²) in [4.78, 5) is 19.7. The summed E-state index contributed by atoms with van der Waals surface area (Å²) in [6.07, 6.45) is 7.34. The highest BCUT2D eigenvalue weighted by molar-refractivity contribution is 5.95. The number of anilines is 2. The van der Waals surface area contributed by atoms with Gasteiger partial charge in [-0.3, -0.25) is 14.2 Å². The standard InChI is InChI=1S/C22H25N9O/c1-14-9-23-20(26-21-5-6-25-29(21)4)8-18(14)16-7-19-22(32)31(15(2)11-30(19)12-16)13-17-10-24-27-28(17)3/h5-10,12,15H,11,13H2,1-4H3,(H,23,26). The van der Waals surface area contributed by atoms with Gasteiger partial charge in [-0.2, -0.15) is 5.10 Å². The number of rotatable bonds is 5. The van der Waals surface area contributed by atoms with E-state index in [0.29, 0.717) is 12.2 Å². The van der Waals surface area contributed by atoms with Crippen LogP contribution in [0.5, 0.6) is 0 Å². The van der Waals surface area contributed by atoms with E-state index >= 15 is 0 Å². The molecule has 4 aromatic rings. The highest BCUT2D eigenvalue weighted by Crippen LogP contribution is 2.31. The number of nitrogens with zero attached hydrogens (tertiary/aromatic N) is 8. The monoisotopic (exact) mass is 431 g/mol. The summed E-state index contributed by atoms with van der Waals surface area (Å²) in [5, 5.41) is 15.4. The van der Waals surface area contributed by atoms with E-state index in [0.717, 1.165) is 40.6 Å². The van der Waals surface area contributed by atoms with Crippen molar-refractivity contribution in [1.29, 1.82) is 0 Å². The van der Waals surface area contributed by atoms with Gasteiger partial charge in [-0.05, 0) is 37.1 Å². The molecule has 1 aliphatic rings. The number of amides is 1. The Morgan fingerprint density at radius 3 is 2.75 bits per heavy atom. The van der Waals surface area contributed by atoms with Gasteiger partial charge in [0, 0.05) is 50.7 Å². The predicted molar refractivity (Wildman–Crippen MR) is 119 cm³/mol. The van der Waals surface area contributed by atoms with Crippen molar-refractivity contribution in [2.75, 3.05) is 5.32 Å². The summed E-state index contributed by atoms with van der Waals surface area (Å²) in [6, 6.07) is 5.94. The number of carbonyl (C=O) groups excluding carboxylic acids is 1. The van der Waals surface area contributed by atoms with Crippen molar-refractivity contribution >= 4 is 17.5 Å². The van der Waals surface area contributed by atoms with Crippen LogP contribution in [0.3, 0.4) is 0 Å². The molecule has 0 aromatic carbocycles. The van der Waals surface area contributed by atoms with E-state index in [1.165, 1.54) is 0 Å². The average Bonchev–Trinajstić information content (AvgIpc) is 3.48. The van der Waals surface area contributed by atoms with Gasteiger partial charge in [-0.1, -0.05) is 5.21 Å². The number of fused-ring (bicyclic) bond motifs is 1. The van der Waals surface area contributed by atoms with Crippen LogP contribution in [0.4, 0.5) is 11.6 Å². The van der Waals surface area contributed by atoms with Crippen molar-refractivity contribution in [3.8, 4) is 11.1 Å². The maximum Gasteiger partial charge on any atom is 0.271 e. The molecule has 32 heavy (non-hydrogen) atoms. The van der Waals surface area contributed by atoms with Crippen LogP contribution in [0.1, 0.15) is 28.7 Å². The molecule has 4 aromatic heterocycles. The molecule has 164 valence electrons. The van der Waals surface area contributed by atoms with Gasteiger partial charge < -0.3 is 14.8 Å². The topological polar surface area (TPSA) is 98.7 Å². The van der Waals surface area contributed by atoms with E-state index in [4.69, 9.17) is 0 Å². The van der Waals surface area contributed by atoms with Gasteiger partial charge in [0.1, 0.15) is 17.3 Å². The minimum Gasteiger partial charge on any atom is -0.341 e. The lowest BCUT2D eigenvalue weighted by Gasteiger charge is -2.34. The van der Waals surface area contributed by atoms with Crippen LogP contribution in [-0.2, 0) is 27.2 Å². The molecule has 1 atom stereocenters. The molecule has 1 amide bonds. The summed E-state index contributed by atoms with van der Waals surface area (Å²) >= 11 is 0. The van der Waals surface area contributed by atoms with E-state index in [2.05, 4.69) is 43.4 Å². The Morgan fingerprint density at radius 1 is 1.19 bits per heavy atom. The van der Waals surface area contributed by atoms with E-state index in [1.807, 2.05) is 50.3 Å². The zero-order valence-electron chi connectivity index (χ0n) is 18.5. The molecule has 0 spiro atoms. The first kappa shape index (κ1) is 20.0. The lowest BCUT2D eigenvalue weighted by atomic mass is 10.0. The Balaban J connectivity index is 1.45. The number of pyridine rings is 1. The normalized spacial score (nSPS) is 15.8. The first-order valence-electron chi connectivity index (χ1n) is 10.5. The molecule has 0 saturated heterocycles. The minimum atomic E-state index is 0.0103. The number of aryl methyl sites for hydroxylation is 3. The van der Waals surface area contributed by atoms with Gasteiger partial charge in [0.15, 0.2) is 0 Å². The van der Waals surface area contributed by atoms with Crippen LogP contribution in [-0.4, -0.2) is 51.2 Å². The third kappa shape index (κ3) is 3.43. The minimum absolute atomic E-state index is 0.0103. The molecule has 1 aliphatic heterocycles. The van der Waals surface area contributed by atoms with Gasteiger partial charge in [-0.25, -0.2) is 4.98 Å². The smallest absolute Gasteiger partial charge is 0.271 e. The predicted octanol–water partition coefficient (Wildman–Crippen LogP) is 2.51. The molecule has 1 N–H and O–H groups in total. The number of carbonyl (C=O) groups is 1.